The van der Waals surface area contributed by atoms with E-state index in [1.165, 1.54) is 18.0 Å². The maximum Gasteiger partial charge on any atom is 0.326 e. The van der Waals surface area contributed by atoms with Gasteiger partial charge in [-0.3, -0.25) is 14.4 Å². The number of hydrogen-bond donors (Lipinski definition) is 1. The lowest BCUT2D eigenvalue weighted by atomic mass is 10.2. The van der Waals surface area contributed by atoms with Crippen LogP contribution in [0, 0.1) is 0 Å². The van der Waals surface area contributed by atoms with Crippen LogP contribution in [0.1, 0.15) is 32.6 Å². The third kappa shape index (κ3) is 5.49. The number of pyridine rings is 1. The lowest BCUT2D eigenvalue weighted by Crippen LogP contribution is -2.38. The SMILES string of the molecule is C[C@H](OC(=O)CN1CCCCCC1=O)C(=O)Nc1ccc(Cl)cn1. The van der Waals surface area contributed by atoms with E-state index in [0.717, 1.165) is 19.3 Å². The molecule has 0 saturated carbocycles. The molecule has 24 heavy (non-hydrogen) atoms. The topological polar surface area (TPSA) is 88.6 Å². The molecule has 0 aliphatic carbocycles. The van der Waals surface area contributed by atoms with Gasteiger partial charge in [0, 0.05) is 19.2 Å². The number of esters is 1. The number of nitrogens with zero attached hydrogens (tertiary/aromatic N) is 2. The van der Waals surface area contributed by atoms with Crippen LogP contribution < -0.4 is 5.32 Å². The van der Waals surface area contributed by atoms with E-state index in [4.69, 9.17) is 16.3 Å². The van der Waals surface area contributed by atoms with Crippen LogP contribution in [0.5, 0.6) is 0 Å². The molecule has 7 nitrogen and oxygen atoms in total. The first kappa shape index (κ1) is 18.2. The monoisotopic (exact) mass is 353 g/mol. The minimum Gasteiger partial charge on any atom is -0.451 e. The summed E-state index contributed by atoms with van der Waals surface area (Å²) in [4.78, 5) is 41.2. The van der Waals surface area contributed by atoms with Crippen molar-refractivity contribution in [3.8, 4) is 0 Å². The molecule has 0 bridgehead atoms. The highest BCUT2D eigenvalue weighted by atomic mass is 35.5. The molecule has 1 aliphatic heterocycles. The van der Waals surface area contributed by atoms with Crippen LogP contribution in [0.25, 0.3) is 0 Å². The lowest BCUT2D eigenvalue weighted by molar-refractivity contribution is -0.156. The van der Waals surface area contributed by atoms with Gasteiger partial charge in [-0.05, 0) is 31.9 Å². The van der Waals surface area contributed by atoms with Crippen LogP contribution in [0.3, 0.4) is 0 Å². The zero-order chi connectivity index (χ0) is 17.5. The van der Waals surface area contributed by atoms with Crippen molar-refractivity contribution >= 4 is 35.2 Å². The number of likely N-dealkylation sites (tertiary alicyclic amines) is 1. The first-order chi connectivity index (χ1) is 11.5. The molecule has 2 amide bonds. The van der Waals surface area contributed by atoms with E-state index in [1.807, 2.05) is 0 Å². The third-order valence-corrected chi connectivity index (χ3v) is 3.87. The molecule has 1 N–H and O–H groups in total. The first-order valence-corrected chi connectivity index (χ1v) is 8.23. The number of halogens is 1. The van der Waals surface area contributed by atoms with Crippen molar-refractivity contribution in [1.82, 2.24) is 9.88 Å². The van der Waals surface area contributed by atoms with Gasteiger partial charge in [0.25, 0.3) is 5.91 Å². The maximum absolute atomic E-state index is 12.0. The normalized spacial score (nSPS) is 16.2. The Labute approximate surface area is 145 Å². The molecule has 0 spiro atoms. The molecule has 2 rings (SSSR count). The highest BCUT2D eigenvalue weighted by Crippen LogP contribution is 2.12. The average Bonchev–Trinajstić information content (AvgIpc) is 2.74. The van der Waals surface area contributed by atoms with Crippen molar-refractivity contribution in [2.45, 2.75) is 38.7 Å². The minimum atomic E-state index is -0.989. The van der Waals surface area contributed by atoms with Crippen LogP contribution in [0.4, 0.5) is 5.82 Å². The Morgan fingerprint density at radius 1 is 1.38 bits per heavy atom. The zero-order valence-electron chi connectivity index (χ0n) is 13.5. The Balaban J connectivity index is 1.82. The summed E-state index contributed by atoms with van der Waals surface area (Å²) in [5, 5.41) is 2.98. The Bertz CT molecular complexity index is 606. The molecule has 0 aromatic carbocycles. The molecule has 0 unspecified atom stereocenters. The lowest BCUT2D eigenvalue weighted by Gasteiger charge is -2.20. The summed E-state index contributed by atoms with van der Waals surface area (Å²) >= 11 is 5.72. The van der Waals surface area contributed by atoms with Crippen molar-refractivity contribution < 1.29 is 19.1 Å². The quantitative estimate of drug-likeness (QED) is 0.818. The number of carbonyl (C=O) groups is 3. The molecule has 1 fully saturated rings. The number of nitrogens with one attached hydrogen (secondary N) is 1. The predicted molar refractivity (Wildman–Crippen MR) is 88.5 cm³/mol. The smallest absolute Gasteiger partial charge is 0.326 e. The van der Waals surface area contributed by atoms with E-state index in [0.29, 0.717) is 23.8 Å². The van der Waals surface area contributed by atoms with Crippen molar-refractivity contribution in [3.63, 3.8) is 0 Å². The molecule has 2 heterocycles. The van der Waals surface area contributed by atoms with Crippen molar-refractivity contribution in [2.24, 2.45) is 0 Å². The van der Waals surface area contributed by atoms with Crippen molar-refractivity contribution in [1.29, 1.82) is 0 Å². The largest absolute Gasteiger partial charge is 0.451 e. The highest BCUT2D eigenvalue weighted by molar-refractivity contribution is 6.30. The fraction of sp³-hybridized carbons (Fsp3) is 0.500. The fourth-order valence-corrected chi connectivity index (χ4v) is 2.44. The molecular weight excluding hydrogens is 334 g/mol. The number of ether oxygens (including phenoxy) is 1. The third-order valence-electron chi connectivity index (χ3n) is 3.65. The number of amides is 2. The van der Waals surface area contributed by atoms with Crippen molar-refractivity contribution in [3.05, 3.63) is 23.4 Å². The highest BCUT2D eigenvalue weighted by Gasteiger charge is 2.23. The average molecular weight is 354 g/mol. The first-order valence-electron chi connectivity index (χ1n) is 7.85. The Morgan fingerprint density at radius 3 is 2.88 bits per heavy atom. The molecule has 1 aromatic heterocycles. The Morgan fingerprint density at radius 2 is 2.17 bits per heavy atom. The van der Waals surface area contributed by atoms with Gasteiger partial charge >= 0.3 is 5.97 Å². The van der Waals surface area contributed by atoms with Gasteiger partial charge in [-0.2, -0.15) is 0 Å². The standard InChI is InChI=1S/C16H20ClN3O4/c1-11(16(23)19-13-7-6-12(17)9-18-13)24-15(22)10-20-8-4-2-3-5-14(20)21/h6-7,9,11H,2-5,8,10H2,1H3,(H,18,19,23)/t11-/m0/s1. The second-order valence-electron chi connectivity index (χ2n) is 5.61. The summed E-state index contributed by atoms with van der Waals surface area (Å²) in [6.45, 7) is 1.88. The summed E-state index contributed by atoms with van der Waals surface area (Å²) in [6, 6.07) is 3.14. The van der Waals surface area contributed by atoms with Gasteiger partial charge in [0.2, 0.25) is 5.91 Å². The molecule has 0 radical (unpaired) electrons. The molecule has 8 heteroatoms. The Kier molecular flexibility index (Phi) is 6.54. The van der Waals surface area contributed by atoms with E-state index in [2.05, 4.69) is 10.3 Å². The minimum absolute atomic E-state index is 0.0491. The summed E-state index contributed by atoms with van der Waals surface area (Å²) in [5.74, 6) is -0.834. The van der Waals surface area contributed by atoms with E-state index in [9.17, 15) is 14.4 Å². The van der Waals surface area contributed by atoms with E-state index in [-0.39, 0.29) is 12.5 Å². The van der Waals surface area contributed by atoms with Gasteiger partial charge < -0.3 is 15.0 Å². The second-order valence-corrected chi connectivity index (χ2v) is 6.05. The number of anilines is 1. The number of rotatable bonds is 5. The summed E-state index contributed by atoms with van der Waals surface area (Å²) in [6.07, 6.45) is 3.56. The van der Waals surface area contributed by atoms with Crippen LogP contribution in [-0.4, -0.2) is 46.9 Å². The summed E-state index contributed by atoms with van der Waals surface area (Å²) < 4.78 is 5.10. The van der Waals surface area contributed by atoms with E-state index >= 15 is 0 Å². The molecule has 1 atom stereocenters. The van der Waals surface area contributed by atoms with Crippen LogP contribution >= 0.6 is 11.6 Å². The predicted octanol–water partition coefficient (Wildman–Crippen LogP) is 2.01. The van der Waals surface area contributed by atoms with Gasteiger partial charge in [-0.25, -0.2) is 4.98 Å². The summed E-state index contributed by atoms with van der Waals surface area (Å²) in [5.41, 5.74) is 0. The van der Waals surface area contributed by atoms with Gasteiger partial charge in [-0.15, -0.1) is 0 Å². The van der Waals surface area contributed by atoms with Gasteiger partial charge in [0.15, 0.2) is 6.10 Å². The van der Waals surface area contributed by atoms with Crippen molar-refractivity contribution in [2.75, 3.05) is 18.4 Å². The fourth-order valence-electron chi connectivity index (χ4n) is 2.33. The maximum atomic E-state index is 12.0. The zero-order valence-corrected chi connectivity index (χ0v) is 14.2. The van der Waals surface area contributed by atoms with Gasteiger partial charge in [-0.1, -0.05) is 18.0 Å². The molecular formula is C16H20ClN3O4. The van der Waals surface area contributed by atoms with E-state index < -0.39 is 18.0 Å². The number of carbonyl (C=O) groups excluding carboxylic acids is 3. The van der Waals surface area contributed by atoms with Crippen LogP contribution in [-0.2, 0) is 19.1 Å². The summed E-state index contributed by atoms with van der Waals surface area (Å²) in [7, 11) is 0. The molecule has 1 aromatic rings. The van der Waals surface area contributed by atoms with Crippen LogP contribution in [0.2, 0.25) is 5.02 Å². The number of aromatic nitrogens is 1. The number of hydrogen-bond acceptors (Lipinski definition) is 5. The molecule has 1 saturated heterocycles. The molecule has 1 aliphatic rings. The Hall–Kier alpha value is -2.15. The van der Waals surface area contributed by atoms with Crippen LogP contribution in [0.15, 0.2) is 18.3 Å². The van der Waals surface area contributed by atoms with E-state index in [1.54, 1.807) is 12.1 Å². The second kappa shape index (κ2) is 8.63. The van der Waals surface area contributed by atoms with Gasteiger partial charge in [0.05, 0.1) is 5.02 Å². The van der Waals surface area contributed by atoms with Gasteiger partial charge in [0.1, 0.15) is 12.4 Å². The molecule has 130 valence electrons.